The molecule has 1 amide bonds. The first-order valence-corrected chi connectivity index (χ1v) is 9.81. The molecule has 0 saturated carbocycles. The highest BCUT2D eigenvalue weighted by Gasteiger charge is 2.10. The van der Waals surface area contributed by atoms with Crippen molar-refractivity contribution >= 4 is 23.0 Å². The van der Waals surface area contributed by atoms with Crippen LogP contribution in [0.4, 0.5) is 17.1 Å². The van der Waals surface area contributed by atoms with Crippen molar-refractivity contribution in [3.8, 4) is 5.75 Å². The Balaban J connectivity index is 1.73. The van der Waals surface area contributed by atoms with E-state index in [9.17, 15) is 4.79 Å². The first-order valence-electron chi connectivity index (χ1n) is 9.81. The number of nitrogens with zero attached hydrogens (tertiary/aromatic N) is 1. The van der Waals surface area contributed by atoms with Gasteiger partial charge in [0.1, 0.15) is 5.75 Å². The second kappa shape index (κ2) is 9.24. The third-order valence-electron chi connectivity index (χ3n) is 4.36. The predicted octanol–water partition coefficient (Wildman–Crippen LogP) is 5.99. The summed E-state index contributed by atoms with van der Waals surface area (Å²) in [6.45, 7) is 8.25. The van der Waals surface area contributed by atoms with Crippen LogP contribution in [-0.4, -0.2) is 17.0 Å². The Bertz CT molecular complexity index is 966. The fraction of sp³-hybridized carbons (Fsp3) is 0.250. The lowest BCUT2D eigenvalue weighted by Crippen LogP contribution is -2.12. The van der Waals surface area contributed by atoms with Gasteiger partial charge in [-0.15, -0.1) is 0 Å². The first kappa shape index (κ1) is 20.4. The van der Waals surface area contributed by atoms with Gasteiger partial charge in [0.25, 0.3) is 5.91 Å². The fourth-order valence-corrected chi connectivity index (χ4v) is 2.87. The molecule has 0 aliphatic rings. The minimum Gasteiger partial charge on any atom is -0.489 e. The van der Waals surface area contributed by atoms with Gasteiger partial charge < -0.3 is 15.4 Å². The summed E-state index contributed by atoms with van der Waals surface area (Å²) in [5.74, 6) is 1.00. The zero-order valence-electron chi connectivity index (χ0n) is 17.3. The highest BCUT2D eigenvalue weighted by atomic mass is 16.5. The minimum atomic E-state index is -0.204. The van der Waals surface area contributed by atoms with Crippen molar-refractivity contribution in [2.24, 2.45) is 0 Å². The monoisotopic (exact) mass is 389 g/mol. The largest absolute Gasteiger partial charge is 0.489 e. The molecule has 1 aromatic heterocycles. The molecule has 0 atom stereocenters. The van der Waals surface area contributed by atoms with Crippen molar-refractivity contribution < 1.29 is 9.53 Å². The number of carbonyl (C=O) groups excluding carboxylic acids is 1. The molecule has 29 heavy (non-hydrogen) atoms. The molecule has 0 aliphatic carbocycles. The summed E-state index contributed by atoms with van der Waals surface area (Å²) in [5, 5.41) is 6.21. The summed E-state index contributed by atoms with van der Waals surface area (Å²) >= 11 is 0. The van der Waals surface area contributed by atoms with Crippen LogP contribution in [0.15, 0.2) is 67.0 Å². The number of nitrogens with one attached hydrogen (secondary N) is 2. The molecule has 3 aromatic rings. The molecule has 0 aliphatic heterocycles. The van der Waals surface area contributed by atoms with Crippen LogP contribution in [0.2, 0.25) is 0 Å². The van der Waals surface area contributed by atoms with Gasteiger partial charge in [0.05, 0.1) is 29.2 Å². The molecule has 2 N–H and O–H groups in total. The number of hydrogen-bond acceptors (Lipinski definition) is 4. The van der Waals surface area contributed by atoms with Gasteiger partial charge in [-0.2, -0.15) is 0 Å². The zero-order valence-corrected chi connectivity index (χ0v) is 17.3. The van der Waals surface area contributed by atoms with Crippen molar-refractivity contribution in [3.05, 3.63) is 78.1 Å². The average Bonchev–Trinajstić information content (AvgIpc) is 2.70. The molecule has 0 bridgehead atoms. The number of rotatable bonds is 7. The molecule has 5 nitrogen and oxygen atoms in total. The number of benzene rings is 2. The maximum Gasteiger partial charge on any atom is 0.257 e. The molecule has 150 valence electrons. The van der Waals surface area contributed by atoms with E-state index >= 15 is 0 Å². The molecule has 1 heterocycles. The summed E-state index contributed by atoms with van der Waals surface area (Å²) in [5.41, 5.74) is 4.01. The number of anilines is 3. The van der Waals surface area contributed by atoms with Crippen LogP contribution in [-0.2, 0) is 0 Å². The quantitative estimate of drug-likeness (QED) is 0.521. The van der Waals surface area contributed by atoms with Gasteiger partial charge >= 0.3 is 0 Å². The predicted molar refractivity (Wildman–Crippen MR) is 118 cm³/mol. The van der Waals surface area contributed by atoms with Gasteiger partial charge in [-0.05, 0) is 55.7 Å². The third-order valence-corrected chi connectivity index (χ3v) is 4.36. The third kappa shape index (κ3) is 5.57. The molecule has 2 aromatic carbocycles. The molecule has 0 fully saturated rings. The van der Waals surface area contributed by atoms with Crippen LogP contribution in [0.3, 0.4) is 0 Å². The molecular weight excluding hydrogens is 362 g/mol. The number of ether oxygens (including phenoxy) is 1. The van der Waals surface area contributed by atoms with E-state index in [-0.39, 0.29) is 12.0 Å². The molecule has 0 spiro atoms. The van der Waals surface area contributed by atoms with E-state index in [0.29, 0.717) is 17.2 Å². The molecular formula is C24H27N3O2. The van der Waals surface area contributed by atoms with E-state index in [1.165, 1.54) is 5.56 Å². The average molecular weight is 389 g/mol. The molecule has 3 rings (SSSR count). The summed E-state index contributed by atoms with van der Waals surface area (Å²) in [6.07, 6.45) is 3.30. The van der Waals surface area contributed by atoms with E-state index in [4.69, 9.17) is 4.74 Å². The van der Waals surface area contributed by atoms with Crippen molar-refractivity contribution in [2.75, 3.05) is 10.6 Å². The van der Waals surface area contributed by atoms with Crippen LogP contribution in [0.25, 0.3) is 0 Å². The lowest BCUT2D eigenvalue weighted by Gasteiger charge is -2.15. The lowest BCUT2D eigenvalue weighted by molar-refractivity contribution is 0.102. The van der Waals surface area contributed by atoms with Crippen LogP contribution in [0, 0.1) is 0 Å². The number of pyridine rings is 1. The first-order chi connectivity index (χ1) is 13.9. The molecule has 0 radical (unpaired) electrons. The summed E-state index contributed by atoms with van der Waals surface area (Å²) in [4.78, 5) is 16.9. The number of amides is 1. The Morgan fingerprint density at radius 1 is 0.931 bits per heavy atom. The highest BCUT2D eigenvalue weighted by molar-refractivity contribution is 6.04. The Kier molecular flexibility index (Phi) is 6.50. The van der Waals surface area contributed by atoms with Gasteiger partial charge in [-0.1, -0.05) is 38.1 Å². The number of carbonyl (C=O) groups is 1. The topological polar surface area (TPSA) is 63.2 Å². The van der Waals surface area contributed by atoms with Crippen LogP contribution < -0.4 is 15.4 Å². The SMILES string of the molecule is CC(C)Oc1ccccc1Nc1cncc(C(=O)Nc2ccc(C(C)C)cc2)c1. The maximum atomic E-state index is 12.6. The zero-order chi connectivity index (χ0) is 20.8. The van der Waals surface area contributed by atoms with Crippen LogP contribution in [0.1, 0.15) is 49.5 Å². The van der Waals surface area contributed by atoms with Crippen LogP contribution in [0.5, 0.6) is 5.75 Å². The second-order valence-corrected chi connectivity index (χ2v) is 7.48. The van der Waals surface area contributed by atoms with Crippen molar-refractivity contribution in [1.29, 1.82) is 0 Å². The highest BCUT2D eigenvalue weighted by Crippen LogP contribution is 2.28. The van der Waals surface area contributed by atoms with E-state index < -0.39 is 0 Å². The van der Waals surface area contributed by atoms with Crippen molar-refractivity contribution in [2.45, 2.75) is 39.7 Å². The van der Waals surface area contributed by atoms with Gasteiger partial charge in [-0.25, -0.2) is 0 Å². The summed E-state index contributed by atoms with van der Waals surface area (Å²) in [7, 11) is 0. The number of aromatic nitrogens is 1. The van der Waals surface area contributed by atoms with Crippen molar-refractivity contribution in [1.82, 2.24) is 4.98 Å². The molecule has 0 saturated heterocycles. The normalized spacial score (nSPS) is 10.8. The Morgan fingerprint density at radius 2 is 1.66 bits per heavy atom. The standard InChI is InChI=1S/C24H27N3O2/c1-16(2)18-9-11-20(12-10-18)27-24(28)19-13-21(15-25-14-19)26-22-7-5-6-8-23(22)29-17(3)4/h5-17,26H,1-4H3,(H,27,28). The molecule has 0 unspecified atom stereocenters. The second-order valence-electron chi connectivity index (χ2n) is 7.48. The molecule has 5 heteroatoms. The number of hydrogen-bond donors (Lipinski definition) is 2. The van der Waals surface area contributed by atoms with E-state index in [0.717, 1.165) is 17.1 Å². The minimum absolute atomic E-state index is 0.0651. The van der Waals surface area contributed by atoms with Crippen LogP contribution >= 0.6 is 0 Å². The maximum absolute atomic E-state index is 12.6. The Morgan fingerprint density at radius 3 is 2.34 bits per heavy atom. The van der Waals surface area contributed by atoms with Gasteiger partial charge in [-0.3, -0.25) is 9.78 Å². The van der Waals surface area contributed by atoms with Crippen molar-refractivity contribution in [3.63, 3.8) is 0 Å². The number of para-hydroxylation sites is 2. The fourth-order valence-electron chi connectivity index (χ4n) is 2.87. The summed E-state index contributed by atoms with van der Waals surface area (Å²) in [6, 6.07) is 17.4. The Labute approximate surface area is 172 Å². The van der Waals surface area contributed by atoms with Gasteiger partial charge in [0, 0.05) is 11.9 Å². The van der Waals surface area contributed by atoms with E-state index in [2.05, 4.69) is 29.5 Å². The van der Waals surface area contributed by atoms with Gasteiger partial charge in [0.2, 0.25) is 0 Å². The Hall–Kier alpha value is -3.34. The summed E-state index contributed by atoms with van der Waals surface area (Å²) < 4.78 is 5.84. The van der Waals surface area contributed by atoms with E-state index in [1.54, 1.807) is 18.5 Å². The van der Waals surface area contributed by atoms with Gasteiger partial charge in [0.15, 0.2) is 0 Å². The lowest BCUT2D eigenvalue weighted by atomic mass is 10.0. The van der Waals surface area contributed by atoms with E-state index in [1.807, 2.05) is 62.4 Å². The smallest absolute Gasteiger partial charge is 0.257 e.